The Morgan fingerprint density at radius 3 is 2.29 bits per heavy atom. The van der Waals surface area contributed by atoms with Crippen molar-refractivity contribution in [2.45, 2.75) is 32.8 Å². The van der Waals surface area contributed by atoms with Crippen LogP contribution in [0.4, 0.5) is 5.69 Å². The molecule has 28 heavy (non-hydrogen) atoms. The Hall–Kier alpha value is -2.54. The number of sulfonamides is 1. The number of aryl methyl sites for hydroxylation is 1. The normalized spacial score (nSPS) is 11.3. The molecule has 0 fully saturated rings. The highest BCUT2D eigenvalue weighted by atomic mass is 32.2. The van der Waals surface area contributed by atoms with Crippen molar-refractivity contribution in [3.63, 3.8) is 0 Å². The first-order chi connectivity index (χ1) is 13.3. The van der Waals surface area contributed by atoms with Crippen molar-refractivity contribution in [3.8, 4) is 5.75 Å². The molecule has 0 aliphatic heterocycles. The van der Waals surface area contributed by atoms with Gasteiger partial charge in [0.25, 0.3) is 0 Å². The maximum Gasteiger partial charge on any atom is 0.240 e. The van der Waals surface area contributed by atoms with E-state index in [-0.39, 0.29) is 18.6 Å². The molecule has 0 aliphatic rings. The summed E-state index contributed by atoms with van der Waals surface area (Å²) in [6.07, 6.45) is 2.82. The summed E-state index contributed by atoms with van der Waals surface area (Å²) in [6, 6.07) is 16.5. The van der Waals surface area contributed by atoms with Gasteiger partial charge >= 0.3 is 0 Å². The first-order valence-corrected chi connectivity index (χ1v) is 11.2. The number of hydrogen-bond acceptors (Lipinski definition) is 4. The van der Waals surface area contributed by atoms with E-state index in [9.17, 15) is 13.2 Å². The van der Waals surface area contributed by atoms with Crippen LogP contribution in [0.5, 0.6) is 5.75 Å². The first kappa shape index (κ1) is 21.8. The molecule has 2 rings (SSSR count). The fourth-order valence-electron chi connectivity index (χ4n) is 2.71. The third kappa shape index (κ3) is 7.23. The minimum atomic E-state index is -3.54. The van der Waals surface area contributed by atoms with Gasteiger partial charge in [-0.2, -0.15) is 0 Å². The third-order valence-electron chi connectivity index (χ3n) is 3.99. The standard InChI is InChI=1S/C21H28N2O4S/c1-17(2)27-20-13-11-18(12-14-20)8-7-15-22-21(24)16-23(28(3,25)26)19-9-5-4-6-10-19/h4-6,9-14,17H,7-8,15-16H2,1-3H3,(H,22,24). The van der Waals surface area contributed by atoms with Crippen molar-refractivity contribution in [1.82, 2.24) is 5.32 Å². The molecule has 0 aromatic heterocycles. The summed E-state index contributed by atoms with van der Waals surface area (Å²) in [5, 5.41) is 2.79. The Morgan fingerprint density at radius 1 is 1.07 bits per heavy atom. The number of rotatable bonds is 10. The molecule has 0 saturated heterocycles. The molecule has 7 heteroatoms. The van der Waals surface area contributed by atoms with E-state index in [0.29, 0.717) is 12.2 Å². The van der Waals surface area contributed by atoms with Gasteiger partial charge in [0.15, 0.2) is 0 Å². The second-order valence-corrected chi connectivity index (χ2v) is 8.78. The molecule has 0 bridgehead atoms. The Bertz CT molecular complexity index is 850. The number of nitrogens with one attached hydrogen (secondary N) is 1. The smallest absolute Gasteiger partial charge is 0.240 e. The summed E-state index contributed by atoms with van der Waals surface area (Å²) in [5.41, 5.74) is 1.64. The molecule has 1 N–H and O–H groups in total. The lowest BCUT2D eigenvalue weighted by molar-refractivity contribution is -0.119. The van der Waals surface area contributed by atoms with Crippen LogP contribution in [0, 0.1) is 0 Å². The molecule has 0 saturated carbocycles. The fraction of sp³-hybridized carbons (Fsp3) is 0.381. The van der Waals surface area contributed by atoms with E-state index in [2.05, 4.69) is 5.32 Å². The number of carbonyl (C=O) groups is 1. The zero-order valence-corrected chi connectivity index (χ0v) is 17.4. The number of ether oxygens (including phenoxy) is 1. The third-order valence-corrected chi connectivity index (χ3v) is 5.13. The van der Waals surface area contributed by atoms with Crippen LogP contribution in [-0.4, -0.2) is 39.8 Å². The minimum absolute atomic E-state index is 0.142. The Morgan fingerprint density at radius 2 is 1.71 bits per heavy atom. The molecular weight excluding hydrogens is 376 g/mol. The van der Waals surface area contributed by atoms with Crippen molar-refractivity contribution in [1.29, 1.82) is 0 Å². The van der Waals surface area contributed by atoms with Gasteiger partial charge in [-0.05, 0) is 56.5 Å². The van der Waals surface area contributed by atoms with Gasteiger partial charge in [0, 0.05) is 6.54 Å². The number of anilines is 1. The molecule has 152 valence electrons. The number of nitrogens with zero attached hydrogens (tertiary/aromatic N) is 1. The van der Waals surface area contributed by atoms with E-state index < -0.39 is 10.0 Å². The fourth-order valence-corrected chi connectivity index (χ4v) is 3.56. The van der Waals surface area contributed by atoms with Crippen LogP contribution in [0.2, 0.25) is 0 Å². The summed E-state index contributed by atoms with van der Waals surface area (Å²) in [6.45, 7) is 4.22. The minimum Gasteiger partial charge on any atom is -0.491 e. The van der Waals surface area contributed by atoms with Gasteiger partial charge in [-0.15, -0.1) is 0 Å². The second-order valence-electron chi connectivity index (χ2n) is 6.87. The maximum absolute atomic E-state index is 12.2. The lowest BCUT2D eigenvalue weighted by atomic mass is 10.1. The zero-order chi connectivity index (χ0) is 20.6. The SMILES string of the molecule is CC(C)Oc1ccc(CCCNC(=O)CN(c2ccccc2)S(C)(=O)=O)cc1. The number of benzene rings is 2. The zero-order valence-electron chi connectivity index (χ0n) is 16.6. The molecule has 0 heterocycles. The Balaban J connectivity index is 1.80. The lowest BCUT2D eigenvalue weighted by Gasteiger charge is -2.21. The van der Waals surface area contributed by atoms with Gasteiger partial charge in [0.05, 0.1) is 18.0 Å². The Labute approximate surface area is 167 Å². The van der Waals surface area contributed by atoms with Crippen molar-refractivity contribution in [3.05, 3.63) is 60.2 Å². The highest BCUT2D eigenvalue weighted by Gasteiger charge is 2.20. The predicted octanol–water partition coefficient (Wildman–Crippen LogP) is 2.99. The van der Waals surface area contributed by atoms with Crippen molar-refractivity contribution >= 4 is 21.6 Å². The van der Waals surface area contributed by atoms with Crippen LogP contribution in [0.25, 0.3) is 0 Å². The van der Waals surface area contributed by atoms with Crippen molar-refractivity contribution in [2.24, 2.45) is 0 Å². The summed E-state index contributed by atoms with van der Waals surface area (Å²) >= 11 is 0. The molecule has 2 aromatic rings. The maximum atomic E-state index is 12.2. The summed E-state index contributed by atoms with van der Waals surface area (Å²) in [4.78, 5) is 12.2. The van der Waals surface area contributed by atoms with E-state index in [4.69, 9.17) is 4.74 Å². The quantitative estimate of drug-likeness (QED) is 0.618. The van der Waals surface area contributed by atoms with E-state index in [0.717, 1.165) is 34.7 Å². The molecule has 1 amide bonds. The molecule has 0 atom stereocenters. The molecule has 0 unspecified atom stereocenters. The van der Waals surface area contributed by atoms with Crippen LogP contribution < -0.4 is 14.4 Å². The number of para-hydroxylation sites is 1. The van der Waals surface area contributed by atoms with Crippen LogP contribution >= 0.6 is 0 Å². The highest BCUT2D eigenvalue weighted by Crippen LogP contribution is 2.16. The topological polar surface area (TPSA) is 75.7 Å². The molecule has 0 aliphatic carbocycles. The average molecular weight is 405 g/mol. The van der Waals surface area contributed by atoms with Crippen LogP contribution in [0.3, 0.4) is 0 Å². The molecular formula is C21H28N2O4S. The van der Waals surface area contributed by atoms with Crippen LogP contribution in [0.1, 0.15) is 25.8 Å². The summed E-state index contributed by atoms with van der Waals surface area (Å²) < 4.78 is 30.7. The molecule has 2 aromatic carbocycles. The van der Waals surface area contributed by atoms with Gasteiger partial charge in [0.1, 0.15) is 12.3 Å². The largest absolute Gasteiger partial charge is 0.491 e. The molecule has 0 spiro atoms. The van der Waals surface area contributed by atoms with Gasteiger partial charge in [-0.25, -0.2) is 8.42 Å². The average Bonchev–Trinajstić information content (AvgIpc) is 2.64. The van der Waals surface area contributed by atoms with E-state index in [1.165, 1.54) is 0 Å². The van der Waals surface area contributed by atoms with E-state index in [1.54, 1.807) is 30.3 Å². The van der Waals surface area contributed by atoms with Crippen LogP contribution in [0.15, 0.2) is 54.6 Å². The van der Waals surface area contributed by atoms with E-state index in [1.807, 2.05) is 38.1 Å². The molecule has 6 nitrogen and oxygen atoms in total. The van der Waals surface area contributed by atoms with Crippen molar-refractivity contribution < 1.29 is 17.9 Å². The number of hydrogen-bond donors (Lipinski definition) is 1. The van der Waals surface area contributed by atoms with E-state index >= 15 is 0 Å². The van der Waals surface area contributed by atoms with Gasteiger partial charge < -0.3 is 10.1 Å². The first-order valence-electron chi connectivity index (χ1n) is 9.31. The van der Waals surface area contributed by atoms with Crippen molar-refractivity contribution in [2.75, 3.05) is 23.7 Å². The second kappa shape index (κ2) is 10.1. The van der Waals surface area contributed by atoms with Gasteiger partial charge in [-0.3, -0.25) is 9.10 Å². The number of amides is 1. The summed E-state index contributed by atoms with van der Waals surface area (Å²) in [5.74, 6) is 0.517. The lowest BCUT2D eigenvalue weighted by Crippen LogP contribution is -2.40. The summed E-state index contributed by atoms with van der Waals surface area (Å²) in [7, 11) is -3.54. The van der Waals surface area contributed by atoms with Gasteiger partial charge in [-0.1, -0.05) is 30.3 Å². The Kier molecular flexibility index (Phi) is 7.87. The van der Waals surface area contributed by atoms with Crippen LogP contribution in [-0.2, 0) is 21.2 Å². The molecule has 0 radical (unpaired) electrons. The monoisotopic (exact) mass is 404 g/mol. The number of carbonyl (C=O) groups excluding carboxylic acids is 1. The van der Waals surface area contributed by atoms with Gasteiger partial charge in [0.2, 0.25) is 15.9 Å². The predicted molar refractivity (Wildman–Crippen MR) is 112 cm³/mol. The highest BCUT2D eigenvalue weighted by molar-refractivity contribution is 7.92.